The van der Waals surface area contributed by atoms with E-state index in [1.165, 1.54) is 12.1 Å². The molecule has 0 bridgehead atoms. The van der Waals surface area contributed by atoms with Crippen molar-refractivity contribution in [2.24, 2.45) is 11.7 Å². The summed E-state index contributed by atoms with van der Waals surface area (Å²) in [6.07, 6.45) is 5.41. The summed E-state index contributed by atoms with van der Waals surface area (Å²) in [5, 5.41) is 0. The molecule has 0 aliphatic carbocycles. The Morgan fingerprint density at radius 2 is 2.42 bits per heavy atom. The summed E-state index contributed by atoms with van der Waals surface area (Å²) in [5.74, 6) is -0.157. The van der Waals surface area contributed by atoms with Crippen molar-refractivity contribution in [3.63, 3.8) is 0 Å². The van der Waals surface area contributed by atoms with Crippen LogP contribution in [0.1, 0.15) is 19.3 Å². The van der Waals surface area contributed by atoms with Crippen LogP contribution in [0.3, 0.4) is 0 Å². The largest absolute Gasteiger partial charge is 0.374 e. The summed E-state index contributed by atoms with van der Waals surface area (Å²) in [6, 6.07) is 0. The SMILES string of the molecule is NC(=O)C1CCN2CCCC=C12. The van der Waals surface area contributed by atoms with Gasteiger partial charge in [0.05, 0.1) is 5.92 Å². The topological polar surface area (TPSA) is 46.3 Å². The predicted molar refractivity (Wildman–Crippen MR) is 46.2 cm³/mol. The van der Waals surface area contributed by atoms with E-state index in [1.54, 1.807) is 0 Å². The number of carbonyl (C=O) groups is 1. The van der Waals surface area contributed by atoms with Gasteiger partial charge in [0.1, 0.15) is 0 Å². The number of hydrogen-bond acceptors (Lipinski definition) is 2. The quantitative estimate of drug-likeness (QED) is 0.615. The molecule has 1 saturated heterocycles. The molecule has 3 heteroatoms. The third-order valence-corrected chi connectivity index (χ3v) is 2.74. The van der Waals surface area contributed by atoms with Crippen molar-refractivity contribution in [3.8, 4) is 0 Å². The average molecular weight is 166 g/mol. The van der Waals surface area contributed by atoms with Crippen LogP contribution in [0.4, 0.5) is 0 Å². The summed E-state index contributed by atoms with van der Waals surface area (Å²) in [4.78, 5) is 13.3. The Morgan fingerprint density at radius 3 is 3.17 bits per heavy atom. The summed E-state index contributed by atoms with van der Waals surface area (Å²) in [6.45, 7) is 2.12. The number of nitrogens with two attached hydrogens (primary N) is 1. The minimum absolute atomic E-state index is 0.00491. The summed E-state index contributed by atoms with van der Waals surface area (Å²) in [5.41, 5.74) is 6.49. The minimum Gasteiger partial charge on any atom is -0.374 e. The Morgan fingerprint density at radius 1 is 1.58 bits per heavy atom. The van der Waals surface area contributed by atoms with Gasteiger partial charge in [-0.2, -0.15) is 0 Å². The normalized spacial score (nSPS) is 28.2. The van der Waals surface area contributed by atoms with Gasteiger partial charge in [-0.1, -0.05) is 6.08 Å². The lowest BCUT2D eigenvalue weighted by molar-refractivity contribution is -0.120. The van der Waals surface area contributed by atoms with E-state index in [0.29, 0.717) is 0 Å². The maximum atomic E-state index is 11.0. The molecule has 1 fully saturated rings. The van der Waals surface area contributed by atoms with Crippen molar-refractivity contribution in [2.75, 3.05) is 13.1 Å². The first-order valence-corrected chi connectivity index (χ1v) is 4.53. The number of amides is 1. The van der Waals surface area contributed by atoms with Gasteiger partial charge in [-0.15, -0.1) is 0 Å². The molecule has 0 radical (unpaired) electrons. The zero-order chi connectivity index (χ0) is 8.55. The van der Waals surface area contributed by atoms with Crippen LogP contribution in [0.15, 0.2) is 11.8 Å². The molecule has 1 amide bonds. The first-order valence-electron chi connectivity index (χ1n) is 4.53. The van der Waals surface area contributed by atoms with E-state index in [9.17, 15) is 4.79 Å². The van der Waals surface area contributed by atoms with E-state index in [0.717, 1.165) is 25.9 Å². The average Bonchev–Trinajstić information content (AvgIpc) is 2.47. The second-order valence-corrected chi connectivity index (χ2v) is 3.50. The molecule has 2 aliphatic rings. The number of fused-ring (bicyclic) bond motifs is 1. The minimum atomic E-state index is -0.161. The molecule has 0 spiro atoms. The van der Waals surface area contributed by atoms with Crippen molar-refractivity contribution in [3.05, 3.63) is 11.8 Å². The highest BCUT2D eigenvalue weighted by molar-refractivity contribution is 5.80. The lowest BCUT2D eigenvalue weighted by atomic mass is 10.0. The molecule has 2 N–H and O–H groups in total. The Bertz CT molecular complexity index is 235. The number of allylic oxidation sites excluding steroid dienone is 1. The number of hydrogen-bond donors (Lipinski definition) is 1. The van der Waals surface area contributed by atoms with Crippen LogP contribution in [0.25, 0.3) is 0 Å². The number of nitrogens with zero attached hydrogens (tertiary/aromatic N) is 1. The van der Waals surface area contributed by atoms with Crippen LogP contribution in [0.2, 0.25) is 0 Å². The first kappa shape index (κ1) is 7.65. The smallest absolute Gasteiger partial charge is 0.226 e. The third-order valence-electron chi connectivity index (χ3n) is 2.74. The van der Waals surface area contributed by atoms with Gasteiger partial charge >= 0.3 is 0 Å². The van der Waals surface area contributed by atoms with Crippen molar-refractivity contribution >= 4 is 5.91 Å². The molecule has 12 heavy (non-hydrogen) atoms. The van der Waals surface area contributed by atoms with Crippen molar-refractivity contribution in [1.82, 2.24) is 4.90 Å². The number of primary amides is 1. The van der Waals surface area contributed by atoms with Gasteiger partial charge < -0.3 is 10.6 Å². The second kappa shape index (κ2) is 2.81. The fourth-order valence-electron chi connectivity index (χ4n) is 2.11. The monoisotopic (exact) mass is 166 g/mol. The molecule has 0 aromatic rings. The first-order chi connectivity index (χ1) is 5.79. The summed E-state index contributed by atoms with van der Waals surface area (Å²) >= 11 is 0. The fraction of sp³-hybridized carbons (Fsp3) is 0.667. The molecular formula is C9H14N2O. The van der Waals surface area contributed by atoms with Crippen molar-refractivity contribution in [1.29, 1.82) is 0 Å². The predicted octanol–water partition coefficient (Wildman–Crippen LogP) is 0.471. The molecule has 3 nitrogen and oxygen atoms in total. The van der Waals surface area contributed by atoms with Gasteiger partial charge in [-0.05, 0) is 19.3 Å². The zero-order valence-electron chi connectivity index (χ0n) is 7.12. The van der Waals surface area contributed by atoms with Crippen molar-refractivity contribution in [2.45, 2.75) is 19.3 Å². The summed E-state index contributed by atoms with van der Waals surface area (Å²) in [7, 11) is 0. The lowest BCUT2D eigenvalue weighted by Crippen LogP contribution is -2.28. The van der Waals surface area contributed by atoms with Gasteiger partial charge in [0.2, 0.25) is 5.91 Å². The Labute approximate surface area is 72.2 Å². The van der Waals surface area contributed by atoms with Crippen molar-refractivity contribution < 1.29 is 4.79 Å². The van der Waals surface area contributed by atoms with E-state index in [1.807, 2.05) is 0 Å². The summed E-state index contributed by atoms with van der Waals surface area (Å²) < 4.78 is 0. The standard InChI is InChI=1S/C9H14N2O/c10-9(12)7-4-6-11-5-2-1-3-8(7)11/h3,7H,1-2,4-6H2,(H2,10,12). The van der Waals surface area contributed by atoms with E-state index >= 15 is 0 Å². The maximum absolute atomic E-state index is 11.0. The molecule has 1 unspecified atom stereocenters. The second-order valence-electron chi connectivity index (χ2n) is 3.50. The molecule has 0 saturated carbocycles. The maximum Gasteiger partial charge on any atom is 0.226 e. The molecule has 2 rings (SSSR count). The van der Waals surface area contributed by atoms with Gasteiger partial charge in [0, 0.05) is 18.8 Å². The Balaban J connectivity index is 2.20. The van der Waals surface area contributed by atoms with Gasteiger partial charge in [0.25, 0.3) is 0 Å². The molecule has 2 heterocycles. The molecule has 2 aliphatic heterocycles. The lowest BCUT2D eigenvalue weighted by Gasteiger charge is -2.25. The van der Waals surface area contributed by atoms with Gasteiger partial charge in [-0.3, -0.25) is 4.79 Å². The van der Waals surface area contributed by atoms with Crippen LogP contribution in [0, 0.1) is 5.92 Å². The highest BCUT2D eigenvalue weighted by atomic mass is 16.1. The van der Waals surface area contributed by atoms with Crippen LogP contribution >= 0.6 is 0 Å². The molecule has 1 atom stereocenters. The molecule has 0 aromatic heterocycles. The van der Waals surface area contributed by atoms with Gasteiger partial charge in [-0.25, -0.2) is 0 Å². The Hall–Kier alpha value is -0.990. The number of rotatable bonds is 1. The van der Waals surface area contributed by atoms with Crippen LogP contribution in [-0.2, 0) is 4.79 Å². The Kier molecular flexibility index (Phi) is 1.79. The molecular weight excluding hydrogens is 152 g/mol. The van der Waals surface area contributed by atoms with Crippen LogP contribution in [-0.4, -0.2) is 23.9 Å². The van der Waals surface area contributed by atoms with E-state index in [4.69, 9.17) is 5.73 Å². The zero-order valence-corrected chi connectivity index (χ0v) is 7.12. The molecule has 0 aromatic carbocycles. The third kappa shape index (κ3) is 1.09. The highest BCUT2D eigenvalue weighted by Gasteiger charge is 2.32. The van der Waals surface area contributed by atoms with Crippen LogP contribution < -0.4 is 5.73 Å². The molecule has 66 valence electrons. The van der Waals surface area contributed by atoms with E-state index in [2.05, 4.69) is 11.0 Å². The highest BCUT2D eigenvalue weighted by Crippen LogP contribution is 2.30. The van der Waals surface area contributed by atoms with Crippen LogP contribution in [0.5, 0.6) is 0 Å². The number of carbonyl (C=O) groups excluding carboxylic acids is 1. The van der Waals surface area contributed by atoms with Gasteiger partial charge in [0.15, 0.2) is 0 Å². The van der Waals surface area contributed by atoms with E-state index < -0.39 is 0 Å². The van der Waals surface area contributed by atoms with E-state index in [-0.39, 0.29) is 11.8 Å². The fourth-order valence-corrected chi connectivity index (χ4v) is 2.11.